The molecule has 5 nitrogen and oxygen atoms in total. The monoisotopic (exact) mass is 270 g/mol. The first-order valence-corrected chi connectivity index (χ1v) is 6.94. The number of hydrogen-bond acceptors (Lipinski definition) is 5. The highest BCUT2D eigenvalue weighted by Crippen LogP contribution is 2.24. The summed E-state index contributed by atoms with van der Waals surface area (Å²) >= 11 is 5.84. The zero-order valence-electron chi connectivity index (χ0n) is 10.7. The summed E-state index contributed by atoms with van der Waals surface area (Å²) in [6.45, 7) is 3.51. The molecule has 0 bridgehead atoms. The number of aromatic nitrogens is 3. The first-order chi connectivity index (χ1) is 8.78. The molecule has 2 rings (SSSR count). The van der Waals surface area contributed by atoms with Gasteiger partial charge in [-0.1, -0.05) is 19.8 Å². The summed E-state index contributed by atoms with van der Waals surface area (Å²) in [6.07, 6.45) is 6.13. The molecule has 1 saturated carbocycles. The third-order valence-electron chi connectivity index (χ3n) is 3.05. The van der Waals surface area contributed by atoms with Crippen molar-refractivity contribution >= 4 is 17.5 Å². The molecular formula is C12H19ClN4O. The Bertz CT molecular complexity index is 382. The second kappa shape index (κ2) is 6.73. The smallest absolute Gasteiger partial charge is 0.322 e. The van der Waals surface area contributed by atoms with Gasteiger partial charge in [0, 0.05) is 6.54 Å². The summed E-state index contributed by atoms with van der Waals surface area (Å²) in [5, 5.41) is 3.39. The van der Waals surface area contributed by atoms with E-state index in [0.717, 1.165) is 18.9 Å². The van der Waals surface area contributed by atoms with E-state index in [4.69, 9.17) is 16.3 Å². The Morgan fingerprint density at radius 3 is 2.78 bits per heavy atom. The number of nitrogens with one attached hydrogen (secondary N) is 1. The highest BCUT2D eigenvalue weighted by molar-refractivity contribution is 6.28. The van der Waals surface area contributed by atoms with Crippen LogP contribution in [0.4, 0.5) is 5.95 Å². The maximum atomic E-state index is 5.84. The zero-order chi connectivity index (χ0) is 12.8. The highest BCUT2D eigenvalue weighted by atomic mass is 35.5. The Labute approximate surface area is 112 Å². The van der Waals surface area contributed by atoms with Crippen LogP contribution in [0, 0.1) is 5.92 Å². The van der Waals surface area contributed by atoms with Crippen LogP contribution in [0.1, 0.15) is 39.0 Å². The van der Waals surface area contributed by atoms with Gasteiger partial charge in [-0.2, -0.15) is 15.0 Å². The molecule has 100 valence electrons. The minimum atomic E-state index is 0.171. The van der Waals surface area contributed by atoms with E-state index in [1.165, 1.54) is 25.7 Å². The molecule has 1 aromatic rings. The summed E-state index contributed by atoms with van der Waals surface area (Å²) < 4.78 is 5.36. The summed E-state index contributed by atoms with van der Waals surface area (Å²) in [7, 11) is 0. The van der Waals surface area contributed by atoms with E-state index in [1.807, 2.05) is 6.92 Å². The average Bonchev–Trinajstić information content (AvgIpc) is 2.86. The lowest BCUT2D eigenvalue weighted by Crippen LogP contribution is -2.14. The maximum absolute atomic E-state index is 5.84. The fraction of sp³-hybridized carbons (Fsp3) is 0.750. The Balaban J connectivity index is 1.91. The van der Waals surface area contributed by atoms with Crippen LogP contribution in [0.15, 0.2) is 0 Å². The minimum Gasteiger partial charge on any atom is -0.463 e. The lowest BCUT2D eigenvalue weighted by molar-refractivity contribution is 0.291. The molecule has 0 unspecified atom stereocenters. The first kappa shape index (κ1) is 13.3. The Morgan fingerprint density at radius 1 is 1.28 bits per heavy atom. The quantitative estimate of drug-likeness (QED) is 0.861. The number of rotatable bonds is 6. The fourth-order valence-corrected chi connectivity index (χ4v) is 2.27. The van der Waals surface area contributed by atoms with Crippen molar-refractivity contribution in [3.8, 4) is 6.01 Å². The first-order valence-electron chi connectivity index (χ1n) is 6.56. The lowest BCUT2D eigenvalue weighted by atomic mass is 10.1. The van der Waals surface area contributed by atoms with E-state index >= 15 is 0 Å². The third kappa shape index (κ3) is 3.98. The number of hydrogen-bond donors (Lipinski definition) is 1. The maximum Gasteiger partial charge on any atom is 0.322 e. The average molecular weight is 271 g/mol. The SMILES string of the molecule is CCCOc1nc(Cl)nc(NCC2CCCC2)n1. The van der Waals surface area contributed by atoms with Gasteiger partial charge in [-0.25, -0.2) is 0 Å². The van der Waals surface area contributed by atoms with E-state index in [-0.39, 0.29) is 5.28 Å². The second-order valence-corrected chi connectivity index (χ2v) is 4.93. The molecule has 6 heteroatoms. The molecule has 0 saturated heterocycles. The van der Waals surface area contributed by atoms with E-state index in [0.29, 0.717) is 18.6 Å². The largest absolute Gasteiger partial charge is 0.463 e. The number of anilines is 1. The molecule has 0 spiro atoms. The van der Waals surface area contributed by atoms with Gasteiger partial charge < -0.3 is 10.1 Å². The molecule has 0 aromatic carbocycles. The zero-order valence-corrected chi connectivity index (χ0v) is 11.4. The van der Waals surface area contributed by atoms with Gasteiger partial charge in [0.25, 0.3) is 0 Å². The minimum absolute atomic E-state index is 0.171. The number of halogens is 1. The van der Waals surface area contributed by atoms with Crippen LogP contribution in [0.2, 0.25) is 5.28 Å². The summed E-state index contributed by atoms with van der Waals surface area (Å²) in [4.78, 5) is 12.2. The fourth-order valence-electron chi connectivity index (χ4n) is 2.12. The van der Waals surface area contributed by atoms with Gasteiger partial charge in [0.1, 0.15) is 0 Å². The van der Waals surface area contributed by atoms with Gasteiger partial charge in [-0.15, -0.1) is 0 Å². The summed E-state index contributed by atoms with van der Waals surface area (Å²) in [6, 6.07) is 0.297. The summed E-state index contributed by atoms with van der Waals surface area (Å²) in [5.74, 6) is 1.23. The van der Waals surface area contributed by atoms with Crippen molar-refractivity contribution < 1.29 is 4.74 Å². The van der Waals surface area contributed by atoms with Crippen LogP contribution in [0.3, 0.4) is 0 Å². The van der Waals surface area contributed by atoms with Crippen LogP contribution in [0.25, 0.3) is 0 Å². The van der Waals surface area contributed by atoms with Crippen molar-refractivity contribution in [2.45, 2.75) is 39.0 Å². The molecule has 18 heavy (non-hydrogen) atoms. The lowest BCUT2D eigenvalue weighted by Gasteiger charge is -2.11. The van der Waals surface area contributed by atoms with Crippen molar-refractivity contribution in [3.05, 3.63) is 5.28 Å². The predicted octanol–water partition coefficient (Wildman–Crippen LogP) is 2.92. The second-order valence-electron chi connectivity index (χ2n) is 4.59. The topological polar surface area (TPSA) is 59.9 Å². The Morgan fingerprint density at radius 2 is 2.06 bits per heavy atom. The van der Waals surface area contributed by atoms with Crippen molar-refractivity contribution in [2.75, 3.05) is 18.5 Å². The summed E-state index contributed by atoms with van der Waals surface area (Å²) in [5.41, 5.74) is 0. The molecule has 1 aliphatic rings. The Hall–Kier alpha value is -1.10. The van der Waals surface area contributed by atoms with Crippen LogP contribution >= 0.6 is 11.6 Å². The van der Waals surface area contributed by atoms with E-state index < -0.39 is 0 Å². The van der Waals surface area contributed by atoms with Crippen molar-refractivity contribution in [2.24, 2.45) is 5.92 Å². The van der Waals surface area contributed by atoms with E-state index in [9.17, 15) is 0 Å². The Kier molecular flexibility index (Phi) is 4.99. The van der Waals surface area contributed by atoms with Gasteiger partial charge in [0.15, 0.2) is 0 Å². The standard InChI is InChI=1S/C12H19ClN4O/c1-2-7-18-12-16-10(13)15-11(17-12)14-8-9-5-3-4-6-9/h9H,2-8H2,1H3,(H,14,15,16,17). The van der Waals surface area contributed by atoms with Crippen LogP contribution in [-0.2, 0) is 0 Å². The number of ether oxygens (including phenoxy) is 1. The highest BCUT2D eigenvalue weighted by Gasteiger charge is 2.15. The molecule has 1 aromatic heterocycles. The molecule has 1 N–H and O–H groups in total. The van der Waals surface area contributed by atoms with Gasteiger partial charge in [0.2, 0.25) is 11.2 Å². The molecule has 0 aliphatic heterocycles. The van der Waals surface area contributed by atoms with Crippen molar-refractivity contribution in [3.63, 3.8) is 0 Å². The normalized spacial score (nSPS) is 15.9. The number of nitrogens with zero attached hydrogens (tertiary/aromatic N) is 3. The molecule has 0 radical (unpaired) electrons. The third-order valence-corrected chi connectivity index (χ3v) is 3.22. The molecule has 1 aliphatic carbocycles. The van der Waals surface area contributed by atoms with E-state index in [1.54, 1.807) is 0 Å². The predicted molar refractivity (Wildman–Crippen MR) is 71.1 cm³/mol. The van der Waals surface area contributed by atoms with Crippen molar-refractivity contribution in [1.29, 1.82) is 0 Å². The van der Waals surface area contributed by atoms with Crippen molar-refractivity contribution in [1.82, 2.24) is 15.0 Å². The molecular weight excluding hydrogens is 252 g/mol. The molecule has 1 heterocycles. The molecule has 1 fully saturated rings. The van der Waals surface area contributed by atoms with Gasteiger partial charge in [-0.05, 0) is 36.8 Å². The van der Waals surface area contributed by atoms with Gasteiger partial charge in [0.05, 0.1) is 6.61 Å². The molecule has 0 amide bonds. The molecule has 0 atom stereocenters. The van der Waals surface area contributed by atoms with Crippen LogP contribution in [0.5, 0.6) is 6.01 Å². The van der Waals surface area contributed by atoms with Crippen LogP contribution < -0.4 is 10.1 Å². The van der Waals surface area contributed by atoms with E-state index in [2.05, 4.69) is 20.3 Å². The van der Waals surface area contributed by atoms with Gasteiger partial charge >= 0.3 is 6.01 Å². The van der Waals surface area contributed by atoms with Gasteiger partial charge in [-0.3, -0.25) is 0 Å². The van der Waals surface area contributed by atoms with Crippen LogP contribution in [-0.4, -0.2) is 28.1 Å².